The van der Waals surface area contributed by atoms with Crippen LogP contribution < -0.4 is 15.9 Å². The van der Waals surface area contributed by atoms with Crippen LogP contribution in [0.4, 0.5) is 0 Å². The van der Waals surface area contributed by atoms with Crippen LogP contribution in [0.3, 0.4) is 0 Å². The molecule has 1 nitrogen and oxygen atoms in total. The predicted octanol–water partition coefficient (Wildman–Crippen LogP) is 3.32. The molecule has 3 aromatic rings. The molecule has 0 unspecified atom stereocenters. The van der Waals surface area contributed by atoms with Crippen LogP contribution in [-0.4, -0.2) is 0 Å². The SMILES string of the molecule is N#Cc1ccccc1P(c1ccccc1)c1ccccc1. The summed E-state index contributed by atoms with van der Waals surface area (Å²) in [5.74, 6) is 0. The van der Waals surface area contributed by atoms with Gasteiger partial charge in [-0.25, -0.2) is 0 Å². The maximum Gasteiger partial charge on any atom is 0.0998 e. The van der Waals surface area contributed by atoms with Crippen molar-refractivity contribution in [2.45, 2.75) is 0 Å². The number of rotatable bonds is 3. The first-order valence-corrected chi connectivity index (χ1v) is 8.13. The van der Waals surface area contributed by atoms with Crippen LogP contribution in [0.15, 0.2) is 84.9 Å². The summed E-state index contributed by atoms with van der Waals surface area (Å²) in [5, 5.41) is 13.1. The van der Waals surface area contributed by atoms with E-state index in [9.17, 15) is 5.26 Å². The number of hydrogen-bond donors (Lipinski definition) is 0. The highest BCUT2D eigenvalue weighted by molar-refractivity contribution is 7.79. The van der Waals surface area contributed by atoms with Crippen molar-refractivity contribution in [1.82, 2.24) is 0 Å². The van der Waals surface area contributed by atoms with Gasteiger partial charge in [0.05, 0.1) is 11.6 Å². The van der Waals surface area contributed by atoms with Crippen LogP contribution in [-0.2, 0) is 0 Å². The molecule has 3 aromatic carbocycles. The summed E-state index contributed by atoms with van der Waals surface area (Å²) in [7, 11) is -0.695. The molecular formula is C19H14NP. The number of hydrogen-bond acceptors (Lipinski definition) is 1. The highest BCUT2D eigenvalue weighted by Gasteiger charge is 2.18. The molecule has 0 saturated carbocycles. The maximum absolute atomic E-state index is 9.42. The van der Waals surface area contributed by atoms with Crippen LogP contribution in [0.2, 0.25) is 0 Å². The molecule has 0 N–H and O–H groups in total. The Kier molecular flexibility index (Phi) is 4.10. The Morgan fingerprint density at radius 2 is 1.10 bits per heavy atom. The molecule has 0 spiro atoms. The second kappa shape index (κ2) is 6.35. The van der Waals surface area contributed by atoms with E-state index in [1.54, 1.807) is 0 Å². The largest absolute Gasteiger partial charge is 0.192 e. The molecule has 0 fully saturated rings. The zero-order valence-electron chi connectivity index (χ0n) is 11.5. The minimum absolute atomic E-state index is 0.695. The molecule has 3 rings (SSSR count). The molecule has 21 heavy (non-hydrogen) atoms. The molecule has 0 aromatic heterocycles. The zero-order valence-corrected chi connectivity index (χ0v) is 12.4. The maximum atomic E-state index is 9.42. The molecule has 0 aliphatic carbocycles. The summed E-state index contributed by atoms with van der Waals surface area (Å²) in [4.78, 5) is 0. The van der Waals surface area contributed by atoms with Gasteiger partial charge in [0.25, 0.3) is 0 Å². The van der Waals surface area contributed by atoms with Gasteiger partial charge in [0.2, 0.25) is 0 Å². The van der Waals surface area contributed by atoms with E-state index in [0.29, 0.717) is 0 Å². The van der Waals surface area contributed by atoms with Crippen molar-refractivity contribution in [3.63, 3.8) is 0 Å². The van der Waals surface area contributed by atoms with Crippen molar-refractivity contribution < 1.29 is 0 Å². The first-order valence-electron chi connectivity index (χ1n) is 6.79. The normalized spacial score (nSPS) is 10.3. The van der Waals surface area contributed by atoms with Crippen LogP contribution in [0.25, 0.3) is 0 Å². The second-order valence-electron chi connectivity index (χ2n) is 4.64. The van der Waals surface area contributed by atoms with Crippen molar-refractivity contribution in [1.29, 1.82) is 5.26 Å². The van der Waals surface area contributed by atoms with E-state index in [1.165, 1.54) is 10.6 Å². The molecule has 100 valence electrons. The van der Waals surface area contributed by atoms with Gasteiger partial charge in [-0.3, -0.25) is 0 Å². The highest BCUT2D eigenvalue weighted by Crippen LogP contribution is 2.33. The van der Waals surface area contributed by atoms with Crippen molar-refractivity contribution in [3.05, 3.63) is 90.5 Å². The molecule has 0 aliphatic heterocycles. The Morgan fingerprint density at radius 3 is 1.62 bits per heavy atom. The third-order valence-electron chi connectivity index (χ3n) is 3.29. The lowest BCUT2D eigenvalue weighted by Gasteiger charge is -2.20. The van der Waals surface area contributed by atoms with E-state index in [1.807, 2.05) is 30.3 Å². The topological polar surface area (TPSA) is 23.8 Å². The van der Waals surface area contributed by atoms with Gasteiger partial charge in [-0.2, -0.15) is 5.26 Å². The average Bonchev–Trinajstić information content (AvgIpc) is 2.58. The average molecular weight is 287 g/mol. The van der Waals surface area contributed by atoms with Gasteiger partial charge in [-0.05, 0) is 24.6 Å². The molecule has 0 bridgehead atoms. The monoisotopic (exact) mass is 287 g/mol. The Balaban J connectivity index is 2.21. The molecule has 0 aliphatic rings. The van der Waals surface area contributed by atoms with Crippen molar-refractivity contribution in [2.75, 3.05) is 0 Å². The summed E-state index contributed by atoms with van der Waals surface area (Å²) >= 11 is 0. The van der Waals surface area contributed by atoms with Crippen molar-refractivity contribution in [3.8, 4) is 6.07 Å². The molecule has 2 heteroatoms. The highest BCUT2D eigenvalue weighted by atomic mass is 31.1. The lowest BCUT2D eigenvalue weighted by Crippen LogP contribution is -2.22. The van der Waals surface area contributed by atoms with E-state index in [2.05, 4.69) is 60.7 Å². The van der Waals surface area contributed by atoms with Crippen molar-refractivity contribution >= 4 is 23.8 Å². The first kappa shape index (κ1) is 13.6. The summed E-state index contributed by atoms with van der Waals surface area (Å²) in [6.07, 6.45) is 0. The van der Waals surface area contributed by atoms with E-state index >= 15 is 0 Å². The zero-order chi connectivity index (χ0) is 14.5. The summed E-state index contributed by atoms with van der Waals surface area (Å²) in [6.45, 7) is 0. The minimum Gasteiger partial charge on any atom is -0.192 e. The van der Waals surface area contributed by atoms with E-state index < -0.39 is 7.92 Å². The predicted molar refractivity (Wildman–Crippen MR) is 89.9 cm³/mol. The van der Waals surface area contributed by atoms with Gasteiger partial charge >= 0.3 is 0 Å². The van der Waals surface area contributed by atoms with Gasteiger partial charge in [0, 0.05) is 5.30 Å². The standard InChI is InChI=1S/C19H14NP/c20-15-16-9-7-8-14-19(16)21(17-10-3-1-4-11-17)18-12-5-2-6-13-18/h1-14H. The third-order valence-corrected chi connectivity index (χ3v) is 5.80. The number of benzene rings is 3. The number of nitrogens with zero attached hydrogens (tertiary/aromatic N) is 1. The molecular weight excluding hydrogens is 273 g/mol. The van der Waals surface area contributed by atoms with E-state index in [4.69, 9.17) is 0 Å². The molecule has 0 atom stereocenters. The summed E-state index contributed by atoms with van der Waals surface area (Å²) in [5.41, 5.74) is 0.760. The fourth-order valence-corrected chi connectivity index (χ4v) is 4.74. The van der Waals surface area contributed by atoms with Crippen LogP contribution in [0.5, 0.6) is 0 Å². The molecule has 0 radical (unpaired) electrons. The van der Waals surface area contributed by atoms with Crippen LogP contribution in [0.1, 0.15) is 5.56 Å². The Hall–Kier alpha value is -2.42. The molecule has 0 amide bonds. The van der Waals surface area contributed by atoms with Crippen LogP contribution in [0, 0.1) is 11.3 Å². The third kappa shape index (κ3) is 2.87. The smallest absolute Gasteiger partial charge is 0.0998 e. The van der Waals surface area contributed by atoms with Gasteiger partial charge in [0.15, 0.2) is 0 Å². The quantitative estimate of drug-likeness (QED) is 0.678. The van der Waals surface area contributed by atoms with E-state index in [-0.39, 0.29) is 0 Å². The number of nitriles is 1. The summed E-state index contributed by atoms with van der Waals surface area (Å²) < 4.78 is 0. The Bertz CT molecular complexity index is 721. The fourth-order valence-electron chi connectivity index (χ4n) is 2.34. The van der Waals surface area contributed by atoms with Gasteiger partial charge < -0.3 is 0 Å². The lowest BCUT2D eigenvalue weighted by atomic mass is 10.2. The first-order chi connectivity index (χ1) is 10.4. The van der Waals surface area contributed by atoms with Crippen LogP contribution >= 0.6 is 7.92 Å². The summed E-state index contributed by atoms with van der Waals surface area (Å²) in [6, 6.07) is 31.1. The molecule has 0 heterocycles. The molecule has 0 saturated heterocycles. The second-order valence-corrected chi connectivity index (χ2v) is 6.82. The van der Waals surface area contributed by atoms with Gasteiger partial charge in [-0.15, -0.1) is 0 Å². The van der Waals surface area contributed by atoms with E-state index in [0.717, 1.165) is 10.9 Å². The lowest BCUT2D eigenvalue weighted by molar-refractivity contribution is 1.50. The van der Waals surface area contributed by atoms with Gasteiger partial charge in [0.1, 0.15) is 0 Å². The Labute approximate surface area is 126 Å². The minimum atomic E-state index is -0.695. The fraction of sp³-hybridized carbons (Fsp3) is 0. The van der Waals surface area contributed by atoms with Gasteiger partial charge in [-0.1, -0.05) is 78.9 Å². The Morgan fingerprint density at radius 1 is 0.619 bits per heavy atom. The van der Waals surface area contributed by atoms with Crippen molar-refractivity contribution in [2.24, 2.45) is 0 Å².